The van der Waals surface area contributed by atoms with E-state index in [1.54, 1.807) is 0 Å². The molecule has 4 atom stereocenters. The summed E-state index contributed by atoms with van der Waals surface area (Å²) < 4.78 is 0. The monoisotopic (exact) mass is 360 g/mol. The first-order chi connectivity index (χ1) is 12.5. The van der Waals surface area contributed by atoms with Gasteiger partial charge in [-0.3, -0.25) is 4.79 Å². The van der Waals surface area contributed by atoms with Gasteiger partial charge in [-0.15, -0.1) is 0 Å². The first-order valence-electron chi connectivity index (χ1n) is 10.0. The second-order valence-corrected chi connectivity index (χ2v) is 7.98. The van der Waals surface area contributed by atoms with Crippen LogP contribution in [0.2, 0.25) is 0 Å². The third-order valence-electron chi connectivity index (χ3n) is 5.90. The Bertz CT molecular complexity index is 571. The third-order valence-corrected chi connectivity index (χ3v) is 5.90. The highest BCUT2D eigenvalue weighted by molar-refractivity contribution is 5.90. The number of carbonyl (C=O) groups is 1. The highest BCUT2D eigenvalue weighted by Crippen LogP contribution is 2.36. The Morgan fingerprint density at radius 1 is 1.12 bits per heavy atom. The lowest BCUT2D eigenvalue weighted by atomic mass is 9.79. The molecule has 1 aliphatic carbocycles. The normalized spacial score (nSPS) is 28.7. The van der Waals surface area contributed by atoms with Gasteiger partial charge in [0, 0.05) is 31.7 Å². The number of unbranched alkanes of at least 4 members (excludes halogenated alkanes) is 1. The summed E-state index contributed by atoms with van der Waals surface area (Å²) in [7, 11) is 0. The maximum Gasteiger partial charge on any atom is 0.225 e. The van der Waals surface area contributed by atoms with E-state index in [1.807, 2.05) is 12.1 Å². The number of aryl methyl sites for hydroxylation is 1. The van der Waals surface area contributed by atoms with Crippen molar-refractivity contribution in [3.8, 4) is 0 Å². The Hall–Kier alpha value is -1.43. The highest BCUT2D eigenvalue weighted by atomic mass is 16.3. The average Bonchev–Trinajstić information content (AvgIpc) is 3.01. The topological polar surface area (TPSA) is 72.8 Å². The van der Waals surface area contributed by atoms with Crippen LogP contribution >= 0.6 is 0 Å². The van der Waals surface area contributed by atoms with Crippen LogP contribution in [-0.2, 0) is 11.2 Å². The molecule has 5 heteroatoms. The lowest BCUT2D eigenvalue weighted by Crippen LogP contribution is -2.38. The van der Waals surface area contributed by atoms with E-state index in [0.717, 1.165) is 31.7 Å². The number of aliphatic hydroxyl groups excluding tert-OH is 2. The summed E-state index contributed by atoms with van der Waals surface area (Å²) in [6, 6.07) is 8.15. The van der Waals surface area contributed by atoms with Crippen LogP contribution in [0.4, 0.5) is 5.69 Å². The van der Waals surface area contributed by atoms with Crippen molar-refractivity contribution in [3.05, 3.63) is 29.8 Å². The molecular weight excluding hydrogens is 328 g/mol. The molecule has 1 aromatic rings. The molecule has 2 fully saturated rings. The van der Waals surface area contributed by atoms with Crippen molar-refractivity contribution in [1.29, 1.82) is 0 Å². The van der Waals surface area contributed by atoms with Crippen molar-refractivity contribution >= 4 is 11.6 Å². The Morgan fingerprint density at radius 3 is 2.31 bits per heavy atom. The first kappa shape index (κ1) is 19.3. The van der Waals surface area contributed by atoms with E-state index >= 15 is 0 Å². The number of nitrogens with one attached hydrogen (secondary N) is 1. The fourth-order valence-electron chi connectivity index (χ4n) is 4.31. The van der Waals surface area contributed by atoms with Crippen LogP contribution < -0.4 is 5.32 Å². The number of nitrogens with zero attached hydrogens (tertiary/aromatic N) is 1. The van der Waals surface area contributed by atoms with Crippen LogP contribution in [0.3, 0.4) is 0 Å². The lowest BCUT2D eigenvalue weighted by molar-refractivity contribution is -0.116. The zero-order valence-electron chi connectivity index (χ0n) is 15.7. The summed E-state index contributed by atoms with van der Waals surface area (Å²) in [6.45, 7) is 4.77. The minimum absolute atomic E-state index is 0.0428. The van der Waals surface area contributed by atoms with Gasteiger partial charge in [-0.2, -0.15) is 0 Å². The van der Waals surface area contributed by atoms with Gasteiger partial charge in [0.1, 0.15) is 0 Å². The molecule has 26 heavy (non-hydrogen) atoms. The molecular formula is C21H32N2O3. The molecule has 1 aliphatic heterocycles. The molecule has 0 bridgehead atoms. The first-order valence-corrected chi connectivity index (χ1v) is 10.0. The molecule has 2 aliphatic rings. The summed E-state index contributed by atoms with van der Waals surface area (Å²) in [6.07, 6.45) is 4.14. The largest absolute Gasteiger partial charge is 0.390 e. The summed E-state index contributed by atoms with van der Waals surface area (Å²) in [5, 5.41) is 22.6. The van der Waals surface area contributed by atoms with Gasteiger partial charge in [0.25, 0.3) is 0 Å². The van der Waals surface area contributed by atoms with Crippen LogP contribution in [-0.4, -0.2) is 52.9 Å². The predicted molar refractivity (Wildman–Crippen MR) is 103 cm³/mol. The van der Waals surface area contributed by atoms with Crippen molar-refractivity contribution in [1.82, 2.24) is 4.90 Å². The summed E-state index contributed by atoms with van der Waals surface area (Å²) >= 11 is 0. The molecule has 1 amide bonds. The van der Waals surface area contributed by atoms with Crippen LogP contribution in [0.15, 0.2) is 24.3 Å². The van der Waals surface area contributed by atoms with Gasteiger partial charge in [-0.05, 0) is 55.2 Å². The number of aliphatic hydroxyl groups is 2. The van der Waals surface area contributed by atoms with Gasteiger partial charge in [-0.1, -0.05) is 25.5 Å². The molecule has 144 valence electrons. The molecule has 1 heterocycles. The molecule has 3 N–H and O–H groups in total. The Balaban J connectivity index is 1.40. The number of fused-ring (bicyclic) bond motifs is 1. The number of benzene rings is 1. The molecule has 1 saturated carbocycles. The molecule has 0 radical (unpaired) electrons. The standard InChI is InChI=1S/C21H32N2O3/c1-2-3-4-15-5-7-18(8-6-15)22-21(26)9-10-23-13-16-11-19(24)20(25)12-17(16)14-23/h5-8,16-17,19-20,24-25H,2-4,9-14H2,1H3,(H,22,26)/t16-,17+,19+,20-. The zero-order valence-corrected chi connectivity index (χ0v) is 15.7. The van der Waals surface area contributed by atoms with E-state index in [9.17, 15) is 15.0 Å². The summed E-state index contributed by atoms with van der Waals surface area (Å²) in [4.78, 5) is 14.5. The molecule has 0 spiro atoms. The number of hydrogen-bond donors (Lipinski definition) is 3. The number of amides is 1. The number of likely N-dealkylation sites (tertiary alicyclic amines) is 1. The van der Waals surface area contributed by atoms with Crippen LogP contribution in [0, 0.1) is 11.8 Å². The minimum Gasteiger partial charge on any atom is -0.390 e. The SMILES string of the molecule is CCCCc1ccc(NC(=O)CCN2C[C@H]3C[C@H](O)[C@H](O)C[C@H]3C2)cc1. The van der Waals surface area contributed by atoms with Crippen molar-refractivity contribution in [2.45, 2.75) is 57.7 Å². The van der Waals surface area contributed by atoms with Crippen LogP contribution in [0.5, 0.6) is 0 Å². The third kappa shape index (κ3) is 5.06. The van der Waals surface area contributed by atoms with Gasteiger partial charge in [0.05, 0.1) is 12.2 Å². The van der Waals surface area contributed by atoms with Gasteiger partial charge >= 0.3 is 0 Å². The van der Waals surface area contributed by atoms with E-state index in [1.165, 1.54) is 18.4 Å². The van der Waals surface area contributed by atoms with Gasteiger partial charge < -0.3 is 20.4 Å². The second-order valence-electron chi connectivity index (χ2n) is 7.98. The molecule has 3 rings (SSSR count). The maximum absolute atomic E-state index is 12.2. The quantitative estimate of drug-likeness (QED) is 0.698. The minimum atomic E-state index is -0.584. The van der Waals surface area contributed by atoms with Crippen molar-refractivity contribution in [3.63, 3.8) is 0 Å². The van der Waals surface area contributed by atoms with E-state index in [2.05, 4.69) is 29.3 Å². The molecule has 5 nitrogen and oxygen atoms in total. The smallest absolute Gasteiger partial charge is 0.225 e. The number of carbonyl (C=O) groups excluding carboxylic acids is 1. The van der Waals surface area contributed by atoms with E-state index < -0.39 is 12.2 Å². The number of hydrogen-bond acceptors (Lipinski definition) is 4. The Morgan fingerprint density at radius 2 is 1.73 bits per heavy atom. The van der Waals surface area contributed by atoms with E-state index in [0.29, 0.717) is 31.1 Å². The Labute approximate surface area is 156 Å². The van der Waals surface area contributed by atoms with Gasteiger partial charge in [0.2, 0.25) is 5.91 Å². The van der Waals surface area contributed by atoms with Crippen LogP contribution in [0.25, 0.3) is 0 Å². The summed E-state index contributed by atoms with van der Waals surface area (Å²) in [5.74, 6) is 0.945. The van der Waals surface area contributed by atoms with Crippen LogP contribution in [0.1, 0.15) is 44.6 Å². The number of anilines is 1. The number of rotatable bonds is 7. The van der Waals surface area contributed by atoms with E-state index in [4.69, 9.17) is 0 Å². The van der Waals surface area contributed by atoms with E-state index in [-0.39, 0.29) is 5.91 Å². The molecule has 1 saturated heterocycles. The molecule has 0 aromatic heterocycles. The fourth-order valence-corrected chi connectivity index (χ4v) is 4.31. The zero-order chi connectivity index (χ0) is 18.5. The molecule has 0 unspecified atom stereocenters. The highest BCUT2D eigenvalue weighted by Gasteiger charge is 2.40. The molecule has 1 aromatic carbocycles. The second kappa shape index (κ2) is 8.98. The lowest BCUT2D eigenvalue weighted by Gasteiger charge is -2.32. The van der Waals surface area contributed by atoms with Gasteiger partial charge in [-0.25, -0.2) is 0 Å². The predicted octanol–water partition coefficient (Wildman–Crippen LogP) is 2.42. The van der Waals surface area contributed by atoms with Crippen molar-refractivity contribution < 1.29 is 15.0 Å². The van der Waals surface area contributed by atoms with Crippen molar-refractivity contribution in [2.75, 3.05) is 25.0 Å². The average molecular weight is 360 g/mol. The summed E-state index contributed by atoms with van der Waals surface area (Å²) in [5.41, 5.74) is 2.17. The maximum atomic E-state index is 12.2. The van der Waals surface area contributed by atoms with Crippen molar-refractivity contribution in [2.24, 2.45) is 11.8 Å². The van der Waals surface area contributed by atoms with Gasteiger partial charge in [0.15, 0.2) is 0 Å². The fraction of sp³-hybridized carbons (Fsp3) is 0.667. The Kier molecular flexibility index (Phi) is 6.68.